The number of rotatable bonds is 0. The number of nitrogens with zero attached hydrogens (tertiary/aromatic N) is 3. The number of fused-ring (bicyclic) bond motifs is 2. The number of carbonyl (C=O) groups is 2. The minimum absolute atomic E-state index is 0.112. The largest absolute Gasteiger partial charge is 0.459 e. The Labute approximate surface area is 162 Å². The molecule has 4 heterocycles. The first-order chi connectivity index (χ1) is 13.4. The van der Waals surface area contributed by atoms with Crippen molar-refractivity contribution in [3.63, 3.8) is 0 Å². The summed E-state index contributed by atoms with van der Waals surface area (Å²) in [6.45, 7) is 5.53. The average Bonchev–Trinajstić information content (AvgIpc) is 3.17. The van der Waals surface area contributed by atoms with Crippen LogP contribution >= 0.6 is 0 Å². The molecule has 0 aromatic carbocycles. The second kappa shape index (κ2) is 7.08. The predicted octanol–water partition coefficient (Wildman–Crippen LogP) is 1.05. The van der Waals surface area contributed by atoms with Crippen molar-refractivity contribution < 1.29 is 14.3 Å². The predicted molar refractivity (Wildman–Crippen MR) is 104 cm³/mol. The molecule has 0 saturated heterocycles. The van der Waals surface area contributed by atoms with E-state index in [-0.39, 0.29) is 23.9 Å². The van der Waals surface area contributed by atoms with E-state index in [0.717, 1.165) is 5.69 Å². The van der Waals surface area contributed by atoms with Gasteiger partial charge in [0.15, 0.2) is 0 Å². The summed E-state index contributed by atoms with van der Waals surface area (Å²) in [5, 5.41) is 6.02. The lowest BCUT2D eigenvalue weighted by Crippen LogP contribution is -2.37. The van der Waals surface area contributed by atoms with Gasteiger partial charge in [-0.1, -0.05) is 0 Å². The Bertz CT molecular complexity index is 980. The van der Waals surface area contributed by atoms with Crippen molar-refractivity contribution in [2.75, 3.05) is 32.0 Å². The Morgan fingerprint density at radius 1 is 1.32 bits per heavy atom. The van der Waals surface area contributed by atoms with E-state index in [1.54, 1.807) is 24.1 Å². The Balaban J connectivity index is 1.83. The first-order valence-electron chi connectivity index (χ1n) is 9.15. The summed E-state index contributed by atoms with van der Waals surface area (Å²) in [7, 11) is 1.76. The second-order valence-electron chi connectivity index (χ2n) is 7.07. The number of aromatic nitrogens is 3. The van der Waals surface area contributed by atoms with Gasteiger partial charge in [0.1, 0.15) is 11.8 Å². The fraction of sp³-hybridized carbons (Fsp3) is 0.368. The molecular weight excluding hydrogens is 360 g/mol. The lowest BCUT2D eigenvalue weighted by Gasteiger charge is -2.18. The Kier molecular flexibility index (Phi) is 4.60. The molecule has 3 N–H and O–H groups in total. The molecule has 146 valence electrons. The van der Waals surface area contributed by atoms with Gasteiger partial charge in [-0.2, -0.15) is 4.98 Å². The van der Waals surface area contributed by atoms with E-state index in [1.807, 2.05) is 13.8 Å². The Morgan fingerprint density at radius 2 is 2.14 bits per heavy atom. The molecule has 28 heavy (non-hydrogen) atoms. The topological polar surface area (TPSA) is 112 Å². The lowest BCUT2D eigenvalue weighted by atomic mass is 10.1. The molecule has 4 rings (SSSR count). The molecule has 2 aliphatic heterocycles. The highest BCUT2D eigenvalue weighted by atomic mass is 16.5. The fourth-order valence-corrected chi connectivity index (χ4v) is 3.28. The van der Waals surface area contributed by atoms with E-state index in [4.69, 9.17) is 4.74 Å². The summed E-state index contributed by atoms with van der Waals surface area (Å²) in [6.07, 6.45) is 3.03. The van der Waals surface area contributed by atoms with E-state index in [0.29, 0.717) is 47.8 Å². The molecule has 2 bridgehead atoms. The summed E-state index contributed by atoms with van der Waals surface area (Å²) >= 11 is 0. The smallest absolute Gasteiger partial charge is 0.317 e. The second-order valence-corrected chi connectivity index (χ2v) is 7.07. The number of nitrogens with one attached hydrogen (secondary N) is 3. The molecule has 2 amide bonds. The van der Waals surface area contributed by atoms with Crippen LogP contribution in [-0.2, 0) is 4.79 Å². The maximum Gasteiger partial charge on any atom is 0.317 e. The van der Waals surface area contributed by atoms with Gasteiger partial charge in [-0.25, -0.2) is 4.98 Å². The van der Waals surface area contributed by atoms with E-state index < -0.39 is 0 Å². The van der Waals surface area contributed by atoms with Gasteiger partial charge in [0.05, 0.1) is 28.7 Å². The molecule has 0 fully saturated rings. The van der Waals surface area contributed by atoms with Crippen molar-refractivity contribution in [3.8, 4) is 6.01 Å². The van der Waals surface area contributed by atoms with E-state index >= 15 is 0 Å². The van der Waals surface area contributed by atoms with Crippen LogP contribution in [0.4, 0.5) is 5.69 Å². The molecule has 1 unspecified atom stereocenters. The van der Waals surface area contributed by atoms with Gasteiger partial charge in [0.2, 0.25) is 0 Å². The van der Waals surface area contributed by atoms with Crippen LogP contribution in [0.5, 0.6) is 6.01 Å². The number of likely N-dealkylation sites (N-methyl/N-ethyl adjacent to an activating group) is 1. The summed E-state index contributed by atoms with van der Waals surface area (Å²) in [6, 6.07) is 2.00. The third-order valence-electron chi connectivity index (χ3n) is 4.73. The third kappa shape index (κ3) is 3.36. The van der Waals surface area contributed by atoms with Crippen LogP contribution in [0.2, 0.25) is 0 Å². The van der Waals surface area contributed by atoms with Crippen LogP contribution in [-0.4, -0.2) is 64.5 Å². The van der Waals surface area contributed by atoms with E-state index in [9.17, 15) is 9.59 Å². The highest BCUT2D eigenvalue weighted by molar-refractivity contribution is 6.34. The highest BCUT2D eigenvalue weighted by Gasteiger charge is 2.29. The first-order valence-corrected chi connectivity index (χ1v) is 9.15. The van der Waals surface area contributed by atoms with Gasteiger partial charge >= 0.3 is 6.01 Å². The normalized spacial score (nSPS) is 21.8. The van der Waals surface area contributed by atoms with Crippen LogP contribution in [0, 0.1) is 6.92 Å². The fourth-order valence-electron chi connectivity index (χ4n) is 3.28. The average molecular weight is 382 g/mol. The first kappa shape index (κ1) is 18.2. The summed E-state index contributed by atoms with van der Waals surface area (Å²) in [5.41, 5.74) is 3.27. The summed E-state index contributed by atoms with van der Waals surface area (Å²) in [4.78, 5) is 38.8. The van der Waals surface area contributed by atoms with Gasteiger partial charge in [0.25, 0.3) is 11.8 Å². The number of ether oxygens (including phenoxy) is 1. The van der Waals surface area contributed by atoms with Crippen LogP contribution in [0.15, 0.2) is 12.3 Å². The molecule has 9 nitrogen and oxygen atoms in total. The molecule has 0 saturated carbocycles. The van der Waals surface area contributed by atoms with Crippen molar-refractivity contribution in [2.24, 2.45) is 0 Å². The van der Waals surface area contributed by atoms with Crippen molar-refractivity contribution in [1.29, 1.82) is 0 Å². The zero-order valence-corrected chi connectivity index (χ0v) is 16.0. The molecular formula is C19H22N6O3. The van der Waals surface area contributed by atoms with Gasteiger partial charge in [0, 0.05) is 32.4 Å². The monoisotopic (exact) mass is 382 g/mol. The van der Waals surface area contributed by atoms with Gasteiger partial charge in [-0.05, 0) is 26.0 Å². The van der Waals surface area contributed by atoms with Crippen LogP contribution in [0.1, 0.15) is 34.4 Å². The maximum absolute atomic E-state index is 12.9. The number of H-pyrrole nitrogens is 1. The van der Waals surface area contributed by atoms with Crippen LogP contribution in [0.25, 0.3) is 11.6 Å². The number of amides is 2. The molecule has 0 spiro atoms. The summed E-state index contributed by atoms with van der Waals surface area (Å²) in [5.74, 6) is -0.404. The van der Waals surface area contributed by atoms with Gasteiger partial charge < -0.3 is 25.3 Å². The number of carbonyl (C=O) groups excluding carboxylic acids is 2. The van der Waals surface area contributed by atoms with E-state index in [2.05, 4.69) is 25.6 Å². The SMILES string of the molecule is Cc1cc2c([nH]1)/C=C1\C(=O)Nc3cnc(nc31)OC(C)CNCCN(C)C2=O. The summed E-state index contributed by atoms with van der Waals surface area (Å²) < 4.78 is 5.78. The van der Waals surface area contributed by atoms with Crippen LogP contribution in [0.3, 0.4) is 0 Å². The quantitative estimate of drug-likeness (QED) is 0.628. The number of hydrogen-bond acceptors (Lipinski definition) is 6. The molecule has 2 aliphatic rings. The maximum atomic E-state index is 12.9. The van der Waals surface area contributed by atoms with Crippen molar-refractivity contribution in [1.82, 2.24) is 25.2 Å². The number of aromatic amines is 1. The lowest BCUT2D eigenvalue weighted by molar-refractivity contribution is -0.110. The highest BCUT2D eigenvalue weighted by Crippen LogP contribution is 2.32. The molecule has 0 aliphatic carbocycles. The number of anilines is 1. The minimum atomic E-state index is -0.292. The molecule has 1 atom stereocenters. The molecule has 2 aromatic heterocycles. The molecule has 2 aromatic rings. The third-order valence-corrected chi connectivity index (χ3v) is 4.73. The van der Waals surface area contributed by atoms with E-state index in [1.165, 1.54) is 6.20 Å². The van der Waals surface area contributed by atoms with Crippen molar-refractivity contribution >= 4 is 29.2 Å². The Morgan fingerprint density at radius 3 is 2.96 bits per heavy atom. The van der Waals surface area contributed by atoms with Gasteiger partial charge in [-0.15, -0.1) is 0 Å². The molecule has 0 radical (unpaired) electrons. The molecule has 9 heteroatoms. The number of hydrogen-bond donors (Lipinski definition) is 3. The zero-order valence-electron chi connectivity index (χ0n) is 16.0. The Hall–Kier alpha value is -3.20. The van der Waals surface area contributed by atoms with Crippen molar-refractivity contribution in [2.45, 2.75) is 20.0 Å². The minimum Gasteiger partial charge on any atom is -0.459 e. The van der Waals surface area contributed by atoms with Crippen LogP contribution < -0.4 is 15.4 Å². The van der Waals surface area contributed by atoms with Gasteiger partial charge in [-0.3, -0.25) is 9.59 Å². The standard InChI is InChI=1S/C19H22N6O3/c1-10-6-12-14(22-10)7-13-16-15(23-17(13)26)9-21-19(24-16)28-11(2)8-20-4-5-25(3)18(12)27/h6-7,9,11,20,22H,4-5,8H2,1-3H3,(H,23,26)/b13-7-. The number of aryl methyl sites for hydroxylation is 1. The zero-order chi connectivity index (χ0) is 19.8. The van der Waals surface area contributed by atoms with Crippen molar-refractivity contribution in [3.05, 3.63) is 34.9 Å².